The van der Waals surface area contributed by atoms with Crippen LogP contribution in [0.2, 0.25) is 10.0 Å². The number of carbonyl (C=O) groups is 2. The van der Waals surface area contributed by atoms with Gasteiger partial charge < -0.3 is 10.6 Å². The summed E-state index contributed by atoms with van der Waals surface area (Å²) in [7, 11) is -2.23. The van der Waals surface area contributed by atoms with E-state index in [1.54, 1.807) is 19.1 Å². The summed E-state index contributed by atoms with van der Waals surface area (Å²) in [5, 5.41) is 6.35. The number of hydrogen-bond acceptors (Lipinski definition) is 5. The molecule has 1 heterocycles. The molecule has 0 spiro atoms. The molecule has 1 fully saturated rings. The van der Waals surface area contributed by atoms with Crippen LogP contribution in [-0.4, -0.2) is 57.1 Å². The number of nitrogens with one attached hydrogen (secondary N) is 3. The van der Waals surface area contributed by atoms with Gasteiger partial charge in [0.2, 0.25) is 15.9 Å². The van der Waals surface area contributed by atoms with Gasteiger partial charge in [-0.15, -0.1) is 0 Å². The molecule has 8 nitrogen and oxygen atoms in total. The number of likely N-dealkylation sites (N-methyl/N-ethyl adjacent to an activating group) is 1. The minimum atomic E-state index is -3.71. The molecule has 12 heteroatoms. The monoisotopic (exact) mass is 666 g/mol. The van der Waals surface area contributed by atoms with Gasteiger partial charge >= 0.3 is 0 Å². The van der Waals surface area contributed by atoms with E-state index >= 15 is 0 Å². The lowest BCUT2D eigenvalue weighted by atomic mass is 9.91. The second kappa shape index (κ2) is 12.9. The molecule has 0 bridgehead atoms. The summed E-state index contributed by atoms with van der Waals surface area (Å²) in [6, 6.07) is 19.1. The van der Waals surface area contributed by atoms with E-state index in [4.69, 9.17) is 23.2 Å². The number of hydrogen-bond donors (Lipinski definition) is 3. The Morgan fingerprint density at radius 3 is 2.05 bits per heavy atom. The van der Waals surface area contributed by atoms with Crippen LogP contribution < -0.4 is 15.4 Å². The van der Waals surface area contributed by atoms with Crippen molar-refractivity contribution >= 4 is 66.7 Å². The largest absolute Gasteiger partial charge is 0.357 e. The lowest BCUT2D eigenvalue weighted by molar-refractivity contribution is -0.122. The van der Waals surface area contributed by atoms with Crippen molar-refractivity contribution in [2.75, 3.05) is 30.6 Å². The molecule has 212 valence electrons. The molecule has 0 aromatic heterocycles. The highest BCUT2D eigenvalue weighted by Crippen LogP contribution is 2.36. The molecule has 1 unspecified atom stereocenters. The molecule has 1 atom stereocenters. The van der Waals surface area contributed by atoms with Crippen molar-refractivity contribution in [1.82, 2.24) is 15.5 Å². The van der Waals surface area contributed by atoms with Gasteiger partial charge in [-0.25, -0.2) is 8.42 Å². The highest BCUT2D eigenvalue weighted by atomic mass is 79.9. The van der Waals surface area contributed by atoms with Crippen LogP contribution in [0.3, 0.4) is 0 Å². The topological polar surface area (TPSA) is 108 Å². The fourth-order valence-electron chi connectivity index (χ4n) is 4.70. The quantitative estimate of drug-likeness (QED) is 0.280. The van der Waals surface area contributed by atoms with E-state index < -0.39 is 22.0 Å². The van der Waals surface area contributed by atoms with Crippen LogP contribution in [0.15, 0.2) is 71.2 Å². The number of likely N-dealkylation sites (tertiary alicyclic amines) is 1. The van der Waals surface area contributed by atoms with Crippen LogP contribution in [0, 0.1) is 5.92 Å². The fraction of sp³-hybridized carbons (Fsp3) is 0.286. The Bertz CT molecular complexity index is 1440. The molecule has 3 aromatic rings. The van der Waals surface area contributed by atoms with Crippen LogP contribution in [0.1, 0.15) is 34.5 Å². The summed E-state index contributed by atoms with van der Waals surface area (Å²) in [6.45, 7) is 2.73. The molecule has 3 N–H and O–H groups in total. The Morgan fingerprint density at radius 2 is 1.52 bits per heavy atom. The van der Waals surface area contributed by atoms with E-state index in [0.717, 1.165) is 11.1 Å². The zero-order chi connectivity index (χ0) is 29.0. The van der Waals surface area contributed by atoms with Crippen LogP contribution >= 0.6 is 39.1 Å². The molecule has 4 rings (SSSR count). The highest BCUT2D eigenvalue weighted by Gasteiger charge is 2.36. The Kier molecular flexibility index (Phi) is 9.79. The third-order valence-electron chi connectivity index (χ3n) is 6.60. The predicted molar refractivity (Wildman–Crippen MR) is 162 cm³/mol. The first-order chi connectivity index (χ1) is 18.9. The predicted octanol–water partition coefficient (Wildman–Crippen LogP) is 5.08. The van der Waals surface area contributed by atoms with Gasteiger partial charge in [0.05, 0.1) is 17.5 Å². The summed E-state index contributed by atoms with van der Waals surface area (Å²) in [5.74, 6) is -0.988. The SMILES string of the molecule is CNC(=O)C(C)NC(=O)c1cc(Br)cc(NS(=O)(=O)CC2CN(C(c3ccc(Cl)cc3)c3ccc(Cl)cc3)C2)c1. The van der Waals surface area contributed by atoms with Crippen LogP contribution in [-0.2, 0) is 14.8 Å². The maximum absolute atomic E-state index is 13.1. The molecular weight excluding hydrogens is 639 g/mol. The van der Waals surface area contributed by atoms with E-state index in [-0.39, 0.29) is 34.9 Å². The number of amides is 2. The van der Waals surface area contributed by atoms with Gasteiger partial charge in [0, 0.05) is 46.1 Å². The first-order valence-corrected chi connectivity index (χ1v) is 15.7. The molecule has 0 saturated carbocycles. The number of rotatable bonds is 10. The molecule has 0 radical (unpaired) electrons. The second-order valence-electron chi connectivity index (χ2n) is 9.75. The Labute approximate surface area is 252 Å². The molecular formula is C28H29BrCl2N4O4S. The summed E-state index contributed by atoms with van der Waals surface area (Å²) in [4.78, 5) is 26.6. The van der Waals surface area contributed by atoms with E-state index in [1.165, 1.54) is 13.1 Å². The Morgan fingerprint density at radius 1 is 0.975 bits per heavy atom. The van der Waals surface area contributed by atoms with Crippen molar-refractivity contribution in [3.63, 3.8) is 0 Å². The van der Waals surface area contributed by atoms with Gasteiger partial charge in [-0.1, -0.05) is 63.4 Å². The minimum Gasteiger partial charge on any atom is -0.357 e. The maximum atomic E-state index is 13.1. The van der Waals surface area contributed by atoms with Crippen LogP contribution in [0.4, 0.5) is 5.69 Å². The zero-order valence-electron chi connectivity index (χ0n) is 21.8. The molecule has 1 aliphatic rings. The highest BCUT2D eigenvalue weighted by molar-refractivity contribution is 9.10. The molecule has 40 heavy (non-hydrogen) atoms. The first kappa shape index (κ1) is 30.3. The summed E-state index contributed by atoms with van der Waals surface area (Å²) in [6.07, 6.45) is 0. The Hall–Kier alpha value is -2.63. The van der Waals surface area contributed by atoms with Crippen LogP contribution in [0.5, 0.6) is 0 Å². The van der Waals surface area contributed by atoms with Crippen molar-refractivity contribution in [3.05, 3.63) is 97.9 Å². The van der Waals surface area contributed by atoms with Crippen molar-refractivity contribution in [2.45, 2.75) is 19.0 Å². The van der Waals surface area contributed by atoms with Crippen molar-refractivity contribution in [1.29, 1.82) is 0 Å². The zero-order valence-corrected chi connectivity index (χ0v) is 25.7. The second-order valence-corrected chi connectivity index (χ2v) is 13.3. The summed E-state index contributed by atoms with van der Waals surface area (Å²) in [5.41, 5.74) is 2.57. The number of carbonyl (C=O) groups excluding carboxylic acids is 2. The van der Waals surface area contributed by atoms with E-state index in [2.05, 4.69) is 36.2 Å². The lowest BCUT2D eigenvalue weighted by Gasteiger charge is -2.44. The van der Waals surface area contributed by atoms with E-state index in [1.807, 2.05) is 48.5 Å². The van der Waals surface area contributed by atoms with Crippen molar-refractivity contribution in [3.8, 4) is 0 Å². The standard InChI is InChI=1S/C28H29BrCl2N4O4S/c1-17(27(36)32-2)33-28(37)21-11-22(29)13-25(12-21)34-40(38,39)16-18-14-35(15-18)26(19-3-7-23(30)8-4-19)20-5-9-24(31)10-6-20/h3-13,17-18,26,34H,14-16H2,1-2H3,(H,32,36)(H,33,37). The number of nitrogens with zero attached hydrogens (tertiary/aromatic N) is 1. The average Bonchev–Trinajstić information content (AvgIpc) is 2.88. The Balaban J connectivity index is 1.42. The van der Waals surface area contributed by atoms with Crippen LogP contribution in [0.25, 0.3) is 0 Å². The van der Waals surface area contributed by atoms with Gasteiger partial charge in [-0.05, 0) is 60.5 Å². The minimum absolute atomic E-state index is 0.0650. The van der Waals surface area contributed by atoms with Gasteiger partial charge in [0.1, 0.15) is 6.04 Å². The van der Waals surface area contributed by atoms with Gasteiger partial charge in [-0.3, -0.25) is 19.2 Å². The third-order valence-corrected chi connectivity index (χ3v) is 9.02. The number of halogens is 3. The van der Waals surface area contributed by atoms with Crippen molar-refractivity contribution < 1.29 is 18.0 Å². The fourth-order valence-corrected chi connectivity index (χ4v) is 6.84. The summed E-state index contributed by atoms with van der Waals surface area (Å²) >= 11 is 15.5. The van der Waals surface area contributed by atoms with E-state index in [0.29, 0.717) is 27.6 Å². The molecule has 2 amide bonds. The third kappa shape index (κ3) is 7.76. The number of sulfonamides is 1. The normalized spacial score (nSPS) is 14.8. The van der Waals surface area contributed by atoms with Crippen molar-refractivity contribution in [2.24, 2.45) is 5.92 Å². The maximum Gasteiger partial charge on any atom is 0.252 e. The number of anilines is 1. The first-order valence-electron chi connectivity index (χ1n) is 12.5. The molecule has 1 saturated heterocycles. The van der Waals surface area contributed by atoms with E-state index in [9.17, 15) is 18.0 Å². The number of benzene rings is 3. The smallest absolute Gasteiger partial charge is 0.252 e. The molecule has 1 aliphatic heterocycles. The molecule has 0 aliphatic carbocycles. The van der Waals surface area contributed by atoms with Gasteiger partial charge in [0.25, 0.3) is 5.91 Å². The summed E-state index contributed by atoms with van der Waals surface area (Å²) < 4.78 is 29.2. The average molecular weight is 668 g/mol. The van der Waals surface area contributed by atoms with Gasteiger partial charge in [0.15, 0.2) is 0 Å². The lowest BCUT2D eigenvalue weighted by Crippen LogP contribution is -2.51. The van der Waals surface area contributed by atoms with Gasteiger partial charge in [-0.2, -0.15) is 0 Å². The molecule has 3 aromatic carbocycles.